The van der Waals surface area contributed by atoms with Gasteiger partial charge >= 0.3 is 0 Å². The van der Waals surface area contributed by atoms with Gasteiger partial charge in [-0.3, -0.25) is 0 Å². The number of ether oxygens (including phenoxy) is 1. The van der Waals surface area contributed by atoms with Crippen LogP contribution in [-0.2, 0) is 11.4 Å². The normalized spacial score (nSPS) is 19.0. The Morgan fingerprint density at radius 2 is 1.15 bits per heavy atom. The predicted molar refractivity (Wildman–Crippen MR) is 95.7 cm³/mol. The van der Waals surface area contributed by atoms with E-state index in [-0.39, 0.29) is 5.75 Å². The topological polar surface area (TPSA) is 110 Å². The minimum absolute atomic E-state index is 0.0774. The van der Waals surface area contributed by atoms with Gasteiger partial charge in [-0.1, -0.05) is 66.7 Å². The summed E-state index contributed by atoms with van der Waals surface area (Å²) in [5, 5.41) is 54.0. The standard InChI is InChI=1S/C21H18O6/c22-16-12-7-13-17-18(16)20(23,24)21(25,26)19(27-17,14-8-3-1-4-9-14)15-10-5-2-6-11-15/h1-13,22-26H. The molecule has 1 heterocycles. The van der Waals surface area contributed by atoms with Crippen molar-refractivity contribution in [2.75, 3.05) is 0 Å². The molecule has 27 heavy (non-hydrogen) atoms. The van der Waals surface area contributed by atoms with Crippen molar-refractivity contribution in [2.45, 2.75) is 17.2 Å². The molecule has 6 heteroatoms. The first-order valence-electron chi connectivity index (χ1n) is 8.34. The first kappa shape index (κ1) is 17.5. The average molecular weight is 366 g/mol. The maximum Gasteiger partial charge on any atom is 0.273 e. The van der Waals surface area contributed by atoms with E-state index in [1.807, 2.05) is 0 Å². The Balaban J connectivity index is 2.11. The number of hydrogen-bond acceptors (Lipinski definition) is 6. The molecule has 0 atom stereocenters. The van der Waals surface area contributed by atoms with E-state index >= 15 is 0 Å². The number of aliphatic hydroxyl groups is 4. The van der Waals surface area contributed by atoms with Crippen LogP contribution >= 0.6 is 0 Å². The van der Waals surface area contributed by atoms with E-state index in [1.54, 1.807) is 60.7 Å². The van der Waals surface area contributed by atoms with Crippen LogP contribution in [-0.4, -0.2) is 31.3 Å². The predicted octanol–water partition coefficient (Wildman–Crippen LogP) is 1.55. The zero-order valence-corrected chi connectivity index (χ0v) is 14.1. The van der Waals surface area contributed by atoms with Crippen LogP contribution < -0.4 is 4.74 Å². The number of phenols is 1. The molecule has 138 valence electrons. The van der Waals surface area contributed by atoms with E-state index in [1.165, 1.54) is 18.2 Å². The molecule has 1 aliphatic rings. The highest BCUT2D eigenvalue weighted by Gasteiger charge is 2.70. The van der Waals surface area contributed by atoms with Crippen LogP contribution in [0, 0.1) is 0 Å². The van der Waals surface area contributed by atoms with E-state index in [4.69, 9.17) is 4.74 Å². The third kappa shape index (κ3) is 2.22. The van der Waals surface area contributed by atoms with E-state index in [9.17, 15) is 25.5 Å². The van der Waals surface area contributed by atoms with E-state index < -0.39 is 28.5 Å². The lowest BCUT2D eigenvalue weighted by molar-refractivity contribution is -0.419. The van der Waals surface area contributed by atoms with Crippen LogP contribution in [0.4, 0.5) is 0 Å². The maximum absolute atomic E-state index is 11.1. The molecule has 0 unspecified atom stereocenters. The lowest BCUT2D eigenvalue weighted by Crippen LogP contribution is -2.69. The minimum Gasteiger partial charge on any atom is -0.507 e. The van der Waals surface area contributed by atoms with E-state index in [0.29, 0.717) is 11.1 Å². The molecule has 0 aromatic heterocycles. The fourth-order valence-electron chi connectivity index (χ4n) is 3.64. The fourth-order valence-corrected chi connectivity index (χ4v) is 3.64. The molecule has 5 N–H and O–H groups in total. The van der Waals surface area contributed by atoms with Gasteiger partial charge in [0.25, 0.3) is 11.6 Å². The van der Waals surface area contributed by atoms with Gasteiger partial charge in [-0.2, -0.15) is 0 Å². The van der Waals surface area contributed by atoms with Crippen LogP contribution in [0.15, 0.2) is 78.9 Å². The van der Waals surface area contributed by atoms with E-state index in [2.05, 4.69) is 0 Å². The molecule has 0 radical (unpaired) electrons. The summed E-state index contributed by atoms with van der Waals surface area (Å²) < 4.78 is 6.04. The Kier molecular flexibility index (Phi) is 3.76. The quantitative estimate of drug-likeness (QED) is 0.440. The number of benzene rings is 3. The number of aromatic hydroxyl groups is 1. The van der Waals surface area contributed by atoms with Gasteiger partial charge in [0.05, 0.1) is 0 Å². The molecule has 0 fully saturated rings. The van der Waals surface area contributed by atoms with Crippen LogP contribution in [0.2, 0.25) is 0 Å². The van der Waals surface area contributed by atoms with Crippen molar-refractivity contribution in [3.63, 3.8) is 0 Å². The zero-order valence-electron chi connectivity index (χ0n) is 14.1. The third-order valence-electron chi connectivity index (χ3n) is 4.95. The lowest BCUT2D eigenvalue weighted by Gasteiger charge is -2.52. The van der Waals surface area contributed by atoms with Crippen molar-refractivity contribution in [3.8, 4) is 11.5 Å². The van der Waals surface area contributed by atoms with Crippen LogP contribution in [0.1, 0.15) is 16.7 Å². The van der Waals surface area contributed by atoms with Crippen molar-refractivity contribution >= 4 is 0 Å². The SMILES string of the molecule is Oc1cccc2c1C(O)(O)C(O)(O)C(c1ccccc1)(c1ccccc1)O2. The summed E-state index contributed by atoms with van der Waals surface area (Å²) in [5.41, 5.74) is -2.00. The lowest BCUT2D eigenvalue weighted by atomic mass is 9.71. The Morgan fingerprint density at radius 3 is 1.67 bits per heavy atom. The highest BCUT2D eigenvalue weighted by molar-refractivity contribution is 5.54. The molecule has 6 nitrogen and oxygen atoms in total. The largest absolute Gasteiger partial charge is 0.507 e. The molecule has 4 rings (SSSR count). The highest BCUT2D eigenvalue weighted by Crippen LogP contribution is 2.56. The van der Waals surface area contributed by atoms with Crippen LogP contribution in [0.3, 0.4) is 0 Å². The Bertz CT molecular complexity index is 927. The number of phenolic OH excluding ortho intramolecular Hbond substituents is 1. The summed E-state index contributed by atoms with van der Waals surface area (Å²) in [6, 6.07) is 20.7. The van der Waals surface area contributed by atoms with Gasteiger partial charge < -0.3 is 30.3 Å². The molecule has 0 saturated heterocycles. The summed E-state index contributed by atoms with van der Waals surface area (Å²) in [5.74, 6) is -7.07. The summed E-state index contributed by atoms with van der Waals surface area (Å²) in [6.07, 6.45) is 0. The second-order valence-electron chi connectivity index (χ2n) is 6.51. The van der Waals surface area contributed by atoms with Crippen molar-refractivity contribution < 1.29 is 30.3 Å². The molecule has 1 aliphatic heterocycles. The summed E-state index contributed by atoms with van der Waals surface area (Å²) >= 11 is 0. The molecule has 0 saturated carbocycles. The maximum atomic E-state index is 11.1. The minimum atomic E-state index is -3.24. The van der Waals surface area contributed by atoms with Gasteiger partial charge in [0.15, 0.2) is 0 Å². The molecule has 0 spiro atoms. The molecule has 0 bridgehead atoms. The van der Waals surface area contributed by atoms with Crippen molar-refractivity contribution in [2.24, 2.45) is 0 Å². The van der Waals surface area contributed by atoms with Gasteiger partial charge in [-0.15, -0.1) is 0 Å². The van der Waals surface area contributed by atoms with Crippen molar-refractivity contribution in [1.82, 2.24) is 0 Å². The van der Waals surface area contributed by atoms with Crippen LogP contribution in [0.5, 0.6) is 11.5 Å². The molecule has 0 aliphatic carbocycles. The van der Waals surface area contributed by atoms with Crippen molar-refractivity contribution in [3.05, 3.63) is 95.6 Å². The summed E-state index contributed by atoms with van der Waals surface area (Å²) in [7, 11) is 0. The average Bonchev–Trinajstić information content (AvgIpc) is 2.66. The van der Waals surface area contributed by atoms with Gasteiger partial charge in [0.2, 0.25) is 5.60 Å². The number of hydrogen-bond donors (Lipinski definition) is 5. The first-order chi connectivity index (χ1) is 12.8. The molecule has 0 amide bonds. The summed E-state index contributed by atoms with van der Waals surface area (Å²) in [6.45, 7) is 0. The second-order valence-corrected chi connectivity index (χ2v) is 6.51. The smallest absolute Gasteiger partial charge is 0.273 e. The Morgan fingerprint density at radius 1 is 0.630 bits per heavy atom. The number of rotatable bonds is 2. The van der Waals surface area contributed by atoms with Gasteiger partial charge in [-0.25, -0.2) is 0 Å². The molecule has 3 aromatic rings. The zero-order chi connectivity index (χ0) is 19.3. The summed E-state index contributed by atoms with van der Waals surface area (Å²) in [4.78, 5) is 0. The molecular formula is C21H18O6. The van der Waals surface area contributed by atoms with Gasteiger partial charge in [0, 0.05) is 11.1 Å². The Labute approximate surface area is 155 Å². The highest BCUT2D eigenvalue weighted by atomic mass is 16.6. The van der Waals surface area contributed by atoms with Gasteiger partial charge in [-0.05, 0) is 12.1 Å². The molecular weight excluding hydrogens is 348 g/mol. The third-order valence-corrected chi connectivity index (χ3v) is 4.95. The fraction of sp³-hybridized carbons (Fsp3) is 0.143. The Hall–Kier alpha value is -2.90. The van der Waals surface area contributed by atoms with Crippen molar-refractivity contribution in [1.29, 1.82) is 0 Å². The first-order valence-corrected chi connectivity index (χ1v) is 8.34. The van der Waals surface area contributed by atoms with Gasteiger partial charge in [0.1, 0.15) is 17.1 Å². The molecule has 3 aromatic carbocycles. The van der Waals surface area contributed by atoms with Crippen LogP contribution in [0.25, 0.3) is 0 Å². The number of fused-ring (bicyclic) bond motifs is 1. The second kappa shape index (κ2) is 5.80. The van der Waals surface area contributed by atoms with E-state index in [0.717, 1.165) is 0 Å². The monoisotopic (exact) mass is 366 g/mol.